The number of ether oxygens (including phenoxy) is 2. The second-order valence-corrected chi connectivity index (χ2v) is 5.69. The quantitative estimate of drug-likeness (QED) is 0.746. The van der Waals surface area contributed by atoms with E-state index in [4.69, 9.17) is 9.47 Å². The minimum Gasteiger partial charge on any atom is -0.497 e. The first kappa shape index (κ1) is 18.5. The fourth-order valence-corrected chi connectivity index (χ4v) is 2.56. The summed E-state index contributed by atoms with van der Waals surface area (Å²) in [7, 11) is 3.16. The largest absolute Gasteiger partial charge is 0.497 e. The Balaban J connectivity index is 1.93. The molecule has 5 nitrogen and oxygen atoms in total. The molecule has 0 bridgehead atoms. The standard InChI is InChI=1S/C20H23NO4/c1-14(17-10-9-16(24-2)13-19(17)25-3)21-20(23)12-11-18(22)15-7-5-4-6-8-15/h4-10,13-14H,11-12H2,1-3H3,(H,21,23). The second-order valence-electron chi connectivity index (χ2n) is 5.69. The Labute approximate surface area is 148 Å². The normalized spacial score (nSPS) is 11.5. The molecule has 0 aromatic heterocycles. The maximum Gasteiger partial charge on any atom is 0.220 e. The van der Waals surface area contributed by atoms with E-state index in [1.807, 2.05) is 37.3 Å². The fraction of sp³-hybridized carbons (Fsp3) is 0.300. The molecule has 5 heteroatoms. The third-order valence-corrected chi connectivity index (χ3v) is 3.96. The maximum absolute atomic E-state index is 12.2. The van der Waals surface area contributed by atoms with Crippen LogP contribution in [0.3, 0.4) is 0 Å². The summed E-state index contributed by atoms with van der Waals surface area (Å²) in [4.78, 5) is 24.2. The number of amides is 1. The average molecular weight is 341 g/mol. The topological polar surface area (TPSA) is 64.6 Å². The first-order chi connectivity index (χ1) is 12.0. The summed E-state index contributed by atoms with van der Waals surface area (Å²) in [6.07, 6.45) is 0.332. The van der Waals surface area contributed by atoms with Crippen LogP contribution in [0.1, 0.15) is 41.7 Å². The Morgan fingerprint density at radius 2 is 1.72 bits per heavy atom. The highest BCUT2D eigenvalue weighted by molar-refractivity contribution is 5.97. The summed E-state index contributed by atoms with van der Waals surface area (Å²) >= 11 is 0. The molecule has 25 heavy (non-hydrogen) atoms. The van der Waals surface area contributed by atoms with Crippen LogP contribution in [0.25, 0.3) is 0 Å². The molecule has 0 saturated carbocycles. The summed E-state index contributed by atoms with van der Waals surface area (Å²) in [5, 5.41) is 2.90. The van der Waals surface area contributed by atoms with E-state index in [0.29, 0.717) is 17.1 Å². The predicted molar refractivity (Wildman–Crippen MR) is 96.1 cm³/mol. The third kappa shape index (κ3) is 5.08. The van der Waals surface area contributed by atoms with E-state index in [0.717, 1.165) is 5.56 Å². The number of hydrogen-bond acceptors (Lipinski definition) is 4. The number of benzene rings is 2. The number of hydrogen-bond donors (Lipinski definition) is 1. The smallest absolute Gasteiger partial charge is 0.220 e. The van der Waals surface area contributed by atoms with Crippen LogP contribution in [-0.4, -0.2) is 25.9 Å². The molecule has 1 N–H and O–H groups in total. The highest BCUT2D eigenvalue weighted by Gasteiger charge is 2.16. The molecule has 2 aromatic carbocycles. The molecule has 2 aromatic rings. The lowest BCUT2D eigenvalue weighted by atomic mass is 10.0. The molecule has 0 saturated heterocycles. The molecule has 1 amide bonds. The van der Waals surface area contributed by atoms with E-state index in [9.17, 15) is 9.59 Å². The van der Waals surface area contributed by atoms with Crippen LogP contribution in [0.4, 0.5) is 0 Å². The summed E-state index contributed by atoms with van der Waals surface area (Å²) in [6.45, 7) is 1.88. The van der Waals surface area contributed by atoms with Gasteiger partial charge in [-0.15, -0.1) is 0 Å². The highest BCUT2D eigenvalue weighted by atomic mass is 16.5. The van der Waals surface area contributed by atoms with Crippen molar-refractivity contribution in [2.75, 3.05) is 14.2 Å². The van der Waals surface area contributed by atoms with Crippen LogP contribution >= 0.6 is 0 Å². The summed E-state index contributed by atoms with van der Waals surface area (Å²) < 4.78 is 10.5. The zero-order chi connectivity index (χ0) is 18.2. The van der Waals surface area contributed by atoms with Crippen molar-refractivity contribution in [2.24, 2.45) is 0 Å². The third-order valence-electron chi connectivity index (χ3n) is 3.96. The van der Waals surface area contributed by atoms with Crippen LogP contribution < -0.4 is 14.8 Å². The van der Waals surface area contributed by atoms with Gasteiger partial charge >= 0.3 is 0 Å². The summed E-state index contributed by atoms with van der Waals surface area (Å²) in [5.41, 5.74) is 1.48. The average Bonchev–Trinajstić information content (AvgIpc) is 2.66. The molecular formula is C20H23NO4. The van der Waals surface area contributed by atoms with Crippen molar-refractivity contribution in [2.45, 2.75) is 25.8 Å². The van der Waals surface area contributed by atoms with Crippen molar-refractivity contribution >= 4 is 11.7 Å². The monoisotopic (exact) mass is 341 g/mol. The van der Waals surface area contributed by atoms with Crippen LogP contribution in [0.5, 0.6) is 11.5 Å². The SMILES string of the molecule is COc1ccc(C(C)NC(=O)CCC(=O)c2ccccc2)c(OC)c1. The molecule has 0 aliphatic heterocycles. The molecule has 0 spiro atoms. The van der Waals surface area contributed by atoms with Gasteiger partial charge in [-0.3, -0.25) is 9.59 Å². The van der Waals surface area contributed by atoms with E-state index in [-0.39, 0.29) is 30.6 Å². The zero-order valence-corrected chi connectivity index (χ0v) is 14.7. The molecule has 0 fully saturated rings. The lowest BCUT2D eigenvalue weighted by Crippen LogP contribution is -2.27. The van der Waals surface area contributed by atoms with Crippen LogP contribution in [0.15, 0.2) is 48.5 Å². The van der Waals surface area contributed by atoms with E-state index in [1.54, 1.807) is 32.4 Å². The van der Waals surface area contributed by atoms with E-state index in [2.05, 4.69) is 5.32 Å². The number of carbonyl (C=O) groups is 2. The Morgan fingerprint density at radius 1 is 1.00 bits per heavy atom. The first-order valence-electron chi connectivity index (χ1n) is 8.14. The first-order valence-corrected chi connectivity index (χ1v) is 8.14. The van der Waals surface area contributed by atoms with Gasteiger partial charge in [-0.1, -0.05) is 30.3 Å². The number of carbonyl (C=O) groups excluding carboxylic acids is 2. The Kier molecular flexibility index (Phi) is 6.57. The Hall–Kier alpha value is -2.82. The molecular weight excluding hydrogens is 318 g/mol. The minimum atomic E-state index is -0.236. The zero-order valence-electron chi connectivity index (χ0n) is 14.7. The van der Waals surface area contributed by atoms with Gasteiger partial charge in [0.1, 0.15) is 11.5 Å². The fourth-order valence-electron chi connectivity index (χ4n) is 2.56. The van der Waals surface area contributed by atoms with E-state index < -0.39 is 0 Å². The number of nitrogens with one attached hydrogen (secondary N) is 1. The van der Waals surface area contributed by atoms with Crippen molar-refractivity contribution in [3.05, 3.63) is 59.7 Å². The van der Waals surface area contributed by atoms with Crippen LogP contribution in [-0.2, 0) is 4.79 Å². The molecule has 1 atom stereocenters. The van der Waals surface area contributed by atoms with E-state index in [1.165, 1.54) is 0 Å². The van der Waals surface area contributed by atoms with Gasteiger partial charge in [-0.25, -0.2) is 0 Å². The van der Waals surface area contributed by atoms with Crippen molar-refractivity contribution < 1.29 is 19.1 Å². The van der Waals surface area contributed by atoms with Crippen LogP contribution in [0.2, 0.25) is 0 Å². The van der Waals surface area contributed by atoms with Crippen molar-refractivity contribution in [1.82, 2.24) is 5.32 Å². The predicted octanol–water partition coefficient (Wildman–Crippen LogP) is 3.54. The van der Waals surface area contributed by atoms with Gasteiger partial charge in [0.15, 0.2) is 5.78 Å². The van der Waals surface area contributed by atoms with Gasteiger partial charge in [0.05, 0.1) is 20.3 Å². The molecule has 132 valence electrons. The Morgan fingerprint density at radius 3 is 2.36 bits per heavy atom. The van der Waals surface area contributed by atoms with Crippen molar-refractivity contribution in [3.63, 3.8) is 0 Å². The van der Waals surface area contributed by atoms with Gasteiger partial charge in [0.2, 0.25) is 5.91 Å². The van der Waals surface area contributed by atoms with Crippen molar-refractivity contribution in [3.8, 4) is 11.5 Å². The van der Waals surface area contributed by atoms with Gasteiger partial charge in [0, 0.05) is 30.0 Å². The maximum atomic E-state index is 12.2. The number of methoxy groups -OCH3 is 2. The Bertz CT molecular complexity index is 728. The van der Waals surface area contributed by atoms with Crippen LogP contribution in [0, 0.1) is 0 Å². The molecule has 0 radical (unpaired) electrons. The minimum absolute atomic E-state index is 0.0366. The summed E-state index contributed by atoms with van der Waals surface area (Å²) in [6, 6.07) is 14.2. The van der Waals surface area contributed by atoms with Crippen molar-refractivity contribution in [1.29, 1.82) is 0 Å². The van der Waals surface area contributed by atoms with Gasteiger partial charge in [0.25, 0.3) is 0 Å². The van der Waals surface area contributed by atoms with Gasteiger partial charge < -0.3 is 14.8 Å². The lowest BCUT2D eigenvalue weighted by molar-refractivity contribution is -0.121. The second kappa shape index (κ2) is 8.87. The molecule has 1 unspecified atom stereocenters. The molecule has 2 rings (SSSR count). The van der Waals surface area contributed by atoms with Gasteiger partial charge in [-0.05, 0) is 19.1 Å². The highest BCUT2D eigenvalue weighted by Crippen LogP contribution is 2.29. The lowest BCUT2D eigenvalue weighted by Gasteiger charge is -2.18. The number of Topliss-reactive ketones (excluding diaryl/α,β-unsaturated/α-hetero) is 1. The number of rotatable bonds is 8. The van der Waals surface area contributed by atoms with E-state index >= 15 is 0 Å². The number of ketones is 1. The van der Waals surface area contributed by atoms with Gasteiger partial charge in [-0.2, -0.15) is 0 Å². The molecule has 0 aliphatic carbocycles. The molecule has 0 heterocycles. The molecule has 0 aliphatic rings. The summed E-state index contributed by atoms with van der Waals surface area (Å²) in [5.74, 6) is 1.13.